The minimum absolute atomic E-state index is 0.237. The van der Waals surface area contributed by atoms with Gasteiger partial charge in [-0.25, -0.2) is 9.97 Å². The van der Waals surface area contributed by atoms with E-state index in [1.54, 1.807) is 12.5 Å². The van der Waals surface area contributed by atoms with Crippen LogP contribution in [-0.2, 0) is 0 Å². The summed E-state index contributed by atoms with van der Waals surface area (Å²) in [7, 11) is 0. The van der Waals surface area contributed by atoms with Crippen LogP contribution < -0.4 is 5.73 Å². The average Bonchev–Trinajstić information content (AvgIpc) is 2.46. The normalized spacial score (nSPS) is 19.1. The van der Waals surface area contributed by atoms with Gasteiger partial charge in [0.1, 0.15) is 6.33 Å². The molecule has 0 amide bonds. The van der Waals surface area contributed by atoms with Crippen molar-refractivity contribution in [2.24, 2.45) is 5.73 Å². The number of hydrogen-bond acceptors (Lipinski definition) is 4. The van der Waals surface area contributed by atoms with Gasteiger partial charge >= 0.3 is 0 Å². The Morgan fingerprint density at radius 2 is 2.17 bits per heavy atom. The van der Waals surface area contributed by atoms with Crippen LogP contribution in [0.15, 0.2) is 18.6 Å². The van der Waals surface area contributed by atoms with Gasteiger partial charge < -0.3 is 5.73 Å². The summed E-state index contributed by atoms with van der Waals surface area (Å²) < 4.78 is 0. The molecule has 0 aromatic carbocycles. The SMILES string of the molecule is CCN(C1CCCCC1)C(CN)c1ccncn1. The molecule has 1 saturated carbocycles. The molecule has 1 unspecified atom stereocenters. The smallest absolute Gasteiger partial charge is 0.115 e. The fourth-order valence-corrected chi connectivity index (χ4v) is 3.07. The molecule has 1 aromatic heterocycles. The number of aromatic nitrogens is 2. The predicted molar refractivity (Wildman–Crippen MR) is 73.1 cm³/mol. The molecule has 0 saturated heterocycles. The van der Waals surface area contributed by atoms with Crippen LogP contribution in [0.25, 0.3) is 0 Å². The largest absolute Gasteiger partial charge is 0.329 e. The van der Waals surface area contributed by atoms with Gasteiger partial charge in [0.15, 0.2) is 0 Å². The Morgan fingerprint density at radius 1 is 1.39 bits per heavy atom. The fraction of sp³-hybridized carbons (Fsp3) is 0.714. The first-order chi connectivity index (χ1) is 8.86. The highest BCUT2D eigenvalue weighted by molar-refractivity contribution is 5.06. The highest BCUT2D eigenvalue weighted by atomic mass is 15.2. The second kappa shape index (κ2) is 6.81. The minimum atomic E-state index is 0.237. The summed E-state index contributed by atoms with van der Waals surface area (Å²) in [5.41, 5.74) is 7.04. The van der Waals surface area contributed by atoms with E-state index in [2.05, 4.69) is 21.8 Å². The zero-order valence-corrected chi connectivity index (χ0v) is 11.3. The van der Waals surface area contributed by atoms with Crippen molar-refractivity contribution in [3.8, 4) is 0 Å². The number of rotatable bonds is 5. The lowest BCUT2D eigenvalue weighted by Gasteiger charge is -2.38. The molecule has 0 spiro atoms. The molecule has 0 radical (unpaired) electrons. The Morgan fingerprint density at radius 3 is 2.72 bits per heavy atom. The van der Waals surface area contributed by atoms with Crippen molar-refractivity contribution in [2.45, 2.75) is 51.1 Å². The van der Waals surface area contributed by atoms with Crippen LogP contribution in [0.2, 0.25) is 0 Å². The first-order valence-electron chi connectivity index (χ1n) is 7.08. The second-order valence-corrected chi connectivity index (χ2v) is 5.01. The van der Waals surface area contributed by atoms with Crippen LogP contribution in [0.3, 0.4) is 0 Å². The molecule has 2 N–H and O–H groups in total. The summed E-state index contributed by atoms with van der Waals surface area (Å²) in [6, 6.07) is 2.90. The molecule has 1 fully saturated rings. The molecule has 4 heteroatoms. The number of nitrogens with two attached hydrogens (primary N) is 1. The number of nitrogens with zero attached hydrogens (tertiary/aromatic N) is 3. The molecular weight excluding hydrogens is 224 g/mol. The Balaban J connectivity index is 2.13. The van der Waals surface area contributed by atoms with Crippen molar-refractivity contribution in [3.63, 3.8) is 0 Å². The van der Waals surface area contributed by atoms with Crippen LogP contribution in [-0.4, -0.2) is 34.0 Å². The maximum atomic E-state index is 5.99. The third-order valence-electron chi connectivity index (χ3n) is 3.98. The average molecular weight is 248 g/mol. The van der Waals surface area contributed by atoms with Crippen molar-refractivity contribution in [1.82, 2.24) is 14.9 Å². The first kappa shape index (κ1) is 13.4. The fourth-order valence-electron chi connectivity index (χ4n) is 3.07. The summed E-state index contributed by atoms with van der Waals surface area (Å²) in [6.07, 6.45) is 10.1. The molecule has 100 valence electrons. The standard InChI is InChI=1S/C14H24N4/c1-2-18(12-6-4-3-5-7-12)14(10-15)13-8-9-16-11-17-13/h8-9,11-12,14H,2-7,10,15H2,1H3. The topological polar surface area (TPSA) is 55.0 Å². The Kier molecular flexibility index (Phi) is 5.08. The van der Waals surface area contributed by atoms with Gasteiger partial charge in [-0.05, 0) is 25.5 Å². The first-order valence-corrected chi connectivity index (χ1v) is 7.08. The molecule has 1 aliphatic rings. The van der Waals surface area contributed by atoms with Crippen molar-refractivity contribution in [1.29, 1.82) is 0 Å². The van der Waals surface area contributed by atoms with E-state index in [0.717, 1.165) is 12.2 Å². The molecule has 1 atom stereocenters. The van der Waals surface area contributed by atoms with Gasteiger partial charge in [-0.15, -0.1) is 0 Å². The third-order valence-corrected chi connectivity index (χ3v) is 3.98. The van der Waals surface area contributed by atoms with E-state index in [1.807, 2.05) is 6.07 Å². The summed E-state index contributed by atoms with van der Waals surface area (Å²) in [5.74, 6) is 0. The van der Waals surface area contributed by atoms with Gasteiger partial charge in [0.2, 0.25) is 0 Å². The lowest BCUT2D eigenvalue weighted by Crippen LogP contribution is -2.42. The quantitative estimate of drug-likeness (QED) is 0.867. The van der Waals surface area contributed by atoms with Crippen LogP contribution in [0.4, 0.5) is 0 Å². The number of likely N-dealkylation sites (N-methyl/N-ethyl adjacent to an activating group) is 1. The van der Waals surface area contributed by atoms with Crippen LogP contribution in [0.1, 0.15) is 50.8 Å². The highest BCUT2D eigenvalue weighted by Gasteiger charge is 2.27. The van der Waals surface area contributed by atoms with Gasteiger partial charge in [-0.2, -0.15) is 0 Å². The van der Waals surface area contributed by atoms with Gasteiger partial charge in [0, 0.05) is 18.8 Å². The van der Waals surface area contributed by atoms with Crippen molar-refractivity contribution < 1.29 is 0 Å². The highest BCUT2D eigenvalue weighted by Crippen LogP contribution is 2.28. The molecular formula is C14H24N4. The Hall–Kier alpha value is -1.00. The summed E-state index contributed by atoms with van der Waals surface area (Å²) >= 11 is 0. The predicted octanol–water partition coefficient (Wildman–Crippen LogP) is 2.13. The van der Waals surface area contributed by atoms with E-state index < -0.39 is 0 Å². The zero-order chi connectivity index (χ0) is 12.8. The molecule has 0 bridgehead atoms. The van der Waals surface area contributed by atoms with E-state index in [9.17, 15) is 0 Å². The molecule has 4 nitrogen and oxygen atoms in total. The Labute approximate surface area is 110 Å². The molecule has 0 aliphatic heterocycles. The summed E-state index contributed by atoms with van der Waals surface area (Å²) in [5, 5.41) is 0. The van der Waals surface area contributed by atoms with Gasteiger partial charge in [0.05, 0.1) is 11.7 Å². The lowest BCUT2D eigenvalue weighted by molar-refractivity contribution is 0.111. The minimum Gasteiger partial charge on any atom is -0.329 e. The van der Waals surface area contributed by atoms with Crippen molar-refractivity contribution >= 4 is 0 Å². The van der Waals surface area contributed by atoms with Gasteiger partial charge in [-0.1, -0.05) is 26.2 Å². The van der Waals surface area contributed by atoms with E-state index in [-0.39, 0.29) is 6.04 Å². The molecule has 18 heavy (non-hydrogen) atoms. The zero-order valence-electron chi connectivity index (χ0n) is 11.3. The van der Waals surface area contributed by atoms with E-state index in [0.29, 0.717) is 12.6 Å². The van der Waals surface area contributed by atoms with E-state index in [1.165, 1.54) is 32.1 Å². The third kappa shape index (κ3) is 3.06. The Bertz CT molecular complexity index is 335. The monoisotopic (exact) mass is 248 g/mol. The molecule has 2 rings (SSSR count). The van der Waals surface area contributed by atoms with Crippen LogP contribution >= 0.6 is 0 Å². The van der Waals surface area contributed by atoms with Crippen LogP contribution in [0.5, 0.6) is 0 Å². The van der Waals surface area contributed by atoms with E-state index in [4.69, 9.17) is 5.73 Å². The van der Waals surface area contributed by atoms with Crippen molar-refractivity contribution in [3.05, 3.63) is 24.3 Å². The van der Waals surface area contributed by atoms with Gasteiger partial charge in [0.25, 0.3) is 0 Å². The van der Waals surface area contributed by atoms with Crippen molar-refractivity contribution in [2.75, 3.05) is 13.1 Å². The second-order valence-electron chi connectivity index (χ2n) is 5.01. The summed E-state index contributed by atoms with van der Waals surface area (Å²) in [6.45, 7) is 3.89. The van der Waals surface area contributed by atoms with E-state index >= 15 is 0 Å². The lowest BCUT2D eigenvalue weighted by atomic mass is 9.92. The maximum Gasteiger partial charge on any atom is 0.115 e. The molecule has 1 aromatic rings. The van der Waals surface area contributed by atoms with Gasteiger partial charge in [-0.3, -0.25) is 4.90 Å². The molecule has 1 heterocycles. The number of hydrogen-bond donors (Lipinski definition) is 1. The summed E-state index contributed by atoms with van der Waals surface area (Å²) in [4.78, 5) is 10.9. The van der Waals surface area contributed by atoms with Crippen LogP contribution in [0, 0.1) is 0 Å². The maximum absolute atomic E-state index is 5.99. The molecule has 1 aliphatic carbocycles.